The molecule has 2 unspecified atom stereocenters. The van der Waals surface area contributed by atoms with Crippen LogP contribution in [0.5, 0.6) is 0 Å². The Kier molecular flexibility index (Phi) is 5.13. The molecule has 3 rings (SSSR count). The molecule has 2 aliphatic heterocycles. The highest BCUT2D eigenvalue weighted by Crippen LogP contribution is 2.43. The second kappa shape index (κ2) is 7.05. The summed E-state index contributed by atoms with van der Waals surface area (Å²) < 4.78 is 11.4. The van der Waals surface area contributed by atoms with Gasteiger partial charge in [0.05, 0.1) is 17.6 Å². The molecule has 1 N–H and O–H groups in total. The number of nitrogens with one attached hydrogen (secondary N) is 1. The molecule has 6 heteroatoms. The summed E-state index contributed by atoms with van der Waals surface area (Å²) in [6.07, 6.45) is 1.05. The molecule has 0 aromatic heterocycles. The van der Waals surface area contributed by atoms with Crippen LogP contribution in [0.2, 0.25) is 5.02 Å². The second-order valence-corrected chi connectivity index (χ2v) is 7.84. The lowest BCUT2D eigenvalue weighted by molar-refractivity contribution is -0.145. The van der Waals surface area contributed by atoms with Gasteiger partial charge in [-0.15, -0.1) is 0 Å². The first-order valence-electron chi connectivity index (χ1n) is 8.90. The first-order valence-corrected chi connectivity index (χ1v) is 9.28. The number of carbonyl (C=O) groups is 2. The average Bonchev–Trinajstić information content (AvgIpc) is 2.79. The number of benzene rings is 1. The van der Waals surface area contributed by atoms with Crippen LogP contribution in [0.4, 0.5) is 0 Å². The van der Waals surface area contributed by atoms with Crippen molar-refractivity contribution in [3.8, 4) is 0 Å². The van der Waals surface area contributed by atoms with E-state index in [1.165, 1.54) is 0 Å². The standard InChI is InChI=1S/C20H24ClNO4/c1-11(2)19(24)26-17-16(14-6-5-12(3)9-15(14)21)18(23)22-20(17)7-8-25-13(4)10-20/h5-6,9,11,13H,7-8,10H2,1-4H3,(H,22,23). The summed E-state index contributed by atoms with van der Waals surface area (Å²) >= 11 is 6.42. The maximum atomic E-state index is 12.9. The number of aryl methyl sites for hydroxylation is 1. The Balaban J connectivity index is 2.15. The van der Waals surface area contributed by atoms with Crippen molar-refractivity contribution in [3.63, 3.8) is 0 Å². The molecule has 1 aromatic rings. The molecule has 26 heavy (non-hydrogen) atoms. The van der Waals surface area contributed by atoms with E-state index in [2.05, 4.69) is 5.32 Å². The zero-order valence-corrected chi connectivity index (χ0v) is 16.3. The molecule has 5 nitrogen and oxygen atoms in total. The second-order valence-electron chi connectivity index (χ2n) is 7.43. The lowest BCUT2D eigenvalue weighted by Crippen LogP contribution is -2.51. The number of amides is 1. The van der Waals surface area contributed by atoms with Crippen LogP contribution in [0, 0.1) is 12.8 Å². The summed E-state index contributed by atoms with van der Waals surface area (Å²) in [6.45, 7) is 7.90. The minimum atomic E-state index is -0.733. The number of esters is 1. The average molecular weight is 378 g/mol. The van der Waals surface area contributed by atoms with Crippen LogP contribution in [-0.4, -0.2) is 30.1 Å². The quantitative estimate of drug-likeness (QED) is 0.817. The van der Waals surface area contributed by atoms with Crippen LogP contribution < -0.4 is 5.32 Å². The summed E-state index contributed by atoms with van der Waals surface area (Å²) in [4.78, 5) is 25.3. The van der Waals surface area contributed by atoms with Gasteiger partial charge in [0.2, 0.25) is 0 Å². The molecule has 1 aromatic carbocycles. The smallest absolute Gasteiger partial charge is 0.313 e. The topological polar surface area (TPSA) is 64.6 Å². The van der Waals surface area contributed by atoms with E-state index in [9.17, 15) is 9.59 Å². The molecule has 2 atom stereocenters. The van der Waals surface area contributed by atoms with Crippen molar-refractivity contribution in [2.75, 3.05) is 6.61 Å². The minimum absolute atomic E-state index is 0.0513. The number of hydrogen-bond donors (Lipinski definition) is 1. The molecule has 140 valence electrons. The van der Waals surface area contributed by atoms with Crippen molar-refractivity contribution >= 4 is 29.1 Å². The maximum Gasteiger partial charge on any atom is 0.313 e. The monoisotopic (exact) mass is 377 g/mol. The van der Waals surface area contributed by atoms with Crippen LogP contribution in [0.25, 0.3) is 5.57 Å². The van der Waals surface area contributed by atoms with Crippen LogP contribution in [0.3, 0.4) is 0 Å². The molecule has 2 aliphatic rings. The van der Waals surface area contributed by atoms with Gasteiger partial charge in [-0.2, -0.15) is 0 Å². The van der Waals surface area contributed by atoms with Gasteiger partial charge in [-0.05, 0) is 25.5 Å². The highest BCUT2D eigenvalue weighted by molar-refractivity contribution is 6.35. The zero-order valence-electron chi connectivity index (χ0n) is 15.5. The van der Waals surface area contributed by atoms with Gasteiger partial charge in [-0.3, -0.25) is 9.59 Å². The molecule has 0 bridgehead atoms. The first-order chi connectivity index (χ1) is 12.2. The highest BCUT2D eigenvalue weighted by Gasteiger charge is 2.50. The number of hydrogen-bond acceptors (Lipinski definition) is 4. The number of carbonyl (C=O) groups excluding carboxylic acids is 2. The Hall–Kier alpha value is -1.85. The van der Waals surface area contributed by atoms with E-state index in [0.717, 1.165) is 5.56 Å². The summed E-state index contributed by atoms with van der Waals surface area (Å²) in [5.41, 5.74) is 1.19. The number of halogens is 1. The third kappa shape index (κ3) is 3.38. The van der Waals surface area contributed by atoms with Crippen LogP contribution in [-0.2, 0) is 19.1 Å². The summed E-state index contributed by atoms with van der Waals surface area (Å²) in [7, 11) is 0. The van der Waals surface area contributed by atoms with Gasteiger partial charge >= 0.3 is 5.97 Å². The number of rotatable bonds is 3. The van der Waals surface area contributed by atoms with Gasteiger partial charge < -0.3 is 14.8 Å². The molecular formula is C20H24ClNO4. The molecule has 0 aliphatic carbocycles. The van der Waals surface area contributed by atoms with Gasteiger partial charge in [-0.25, -0.2) is 0 Å². The van der Waals surface area contributed by atoms with Crippen molar-refractivity contribution in [3.05, 3.63) is 40.1 Å². The van der Waals surface area contributed by atoms with E-state index in [1.54, 1.807) is 26.0 Å². The third-order valence-corrected chi connectivity index (χ3v) is 5.19. The molecule has 1 amide bonds. The SMILES string of the molecule is Cc1ccc(C2=C(OC(=O)C(C)C)C3(CCOC(C)C3)NC2=O)c(Cl)c1. The van der Waals surface area contributed by atoms with E-state index in [0.29, 0.717) is 41.4 Å². The Bertz CT molecular complexity index is 786. The summed E-state index contributed by atoms with van der Waals surface area (Å²) in [6, 6.07) is 5.50. The maximum absolute atomic E-state index is 12.9. The molecular weight excluding hydrogens is 354 g/mol. The fraction of sp³-hybridized carbons (Fsp3) is 0.500. The third-order valence-electron chi connectivity index (χ3n) is 4.88. The van der Waals surface area contributed by atoms with Crippen LogP contribution in [0.15, 0.2) is 24.0 Å². The van der Waals surface area contributed by atoms with Gasteiger partial charge in [0.1, 0.15) is 11.3 Å². The molecule has 0 saturated carbocycles. The Morgan fingerprint density at radius 2 is 2.15 bits per heavy atom. The van der Waals surface area contributed by atoms with Crippen LogP contribution in [0.1, 0.15) is 44.7 Å². The molecule has 1 fully saturated rings. The molecule has 1 spiro atoms. The summed E-state index contributed by atoms with van der Waals surface area (Å²) in [5.74, 6) is -0.559. The Morgan fingerprint density at radius 1 is 1.42 bits per heavy atom. The molecule has 0 radical (unpaired) electrons. The lowest BCUT2D eigenvalue weighted by Gasteiger charge is -2.38. The number of ether oxygens (including phenoxy) is 2. The van der Waals surface area contributed by atoms with Crippen molar-refractivity contribution in [2.45, 2.75) is 52.2 Å². The molecule has 2 heterocycles. The lowest BCUT2D eigenvalue weighted by atomic mass is 9.85. The van der Waals surface area contributed by atoms with Crippen molar-refractivity contribution < 1.29 is 19.1 Å². The fourth-order valence-electron chi connectivity index (χ4n) is 3.52. The Labute approximate surface area is 158 Å². The van der Waals surface area contributed by atoms with Gasteiger partial charge in [0.25, 0.3) is 5.91 Å². The van der Waals surface area contributed by atoms with E-state index in [1.807, 2.05) is 19.9 Å². The zero-order chi connectivity index (χ0) is 19.1. The van der Waals surface area contributed by atoms with Crippen molar-refractivity contribution in [2.24, 2.45) is 5.92 Å². The van der Waals surface area contributed by atoms with Crippen molar-refractivity contribution in [1.82, 2.24) is 5.32 Å². The first kappa shape index (κ1) is 18.9. The summed E-state index contributed by atoms with van der Waals surface area (Å²) in [5, 5.41) is 3.52. The predicted octanol–water partition coefficient (Wildman–Crippen LogP) is 3.63. The van der Waals surface area contributed by atoms with E-state index >= 15 is 0 Å². The predicted molar refractivity (Wildman–Crippen MR) is 99.6 cm³/mol. The van der Waals surface area contributed by atoms with Gasteiger partial charge in [0.15, 0.2) is 0 Å². The highest BCUT2D eigenvalue weighted by atomic mass is 35.5. The normalized spacial score (nSPS) is 25.8. The van der Waals surface area contributed by atoms with Crippen molar-refractivity contribution in [1.29, 1.82) is 0 Å². The van der Waals surface area contributed by atoms with E-state index < -0.39 is 5.54 Å². The van der Waals surface area contributed by atoms with E-state index in [4.69, 9.17) is 21.1 Å². The van der Waals surface area contributed by atoms with E-state index in [-0.39, 0.29) is 23.9 Å². The molecule has 1 saturated heterocycles. The van der Waals surface area contributed by atoms with Crippen LogP contribution >= 0.6 is 11.6 Å². The van der Waals surface area contributed by atoms with Gasteiger partial charge in [0, 0.05) is 30.0 Å². The Morgan fingerprint density at radius 3 is 2.77 bits per heavy atom. The largest absolute Gasteiger partial charge is 0.427 e. The fourth-order valence-corrected chi connectivity index (χ4v) is 3.85. The minimum Gasteiger partial charge on any atom is -0.427 e. The van der Waals surface area contributed by atoms with Gasteiger partial charge in [-0.1, -0.05) is 37.6 Å².